The summed E-state index contributed by atoms with van der Waals surface area (Å²) in [7, 11) is 0. The summed E-state index contributed by atoms with van der Waals surface area (Å²) in [5.41, 5.74) is 11.2. The van der Waals surface area contributed by atoms with Gasteiger partial charge < -0.3 is 11.5 Å². The number of nitrogens with two attached hydrogens (primary N) is 2. The number of aryl methyl sites for hydroxylation is 1. The fourth-order valence-corrected chi connectivity index (χ4v) is 1.06. The Kier molecular flexibility index (Phi) is 3.02. The van der Waals surface area contributed by atoms with Crippen molar-refractivity contribution in [2.45, 2.75) is 25.9 Å². The first kappa shape index (κ1) is 9.73. The van der Waals surface area contributed by atoms with E-state index in [9.17, 15) is 4.79 Å². The van der Waals surface area contributed by atoms with Crippen LogP contribution in [0.2, 0.25) is 0 Å². The number of carbonyl (C=O) groups is 1. The van der Waals surface area contributed by atoms with Crippen LogP contribution in [0.15, 0.2) is 12.4 Å². The first-order valence-corrected chi connectivity index (χ1v) is 4.22. The topological polar surface area (TPSA) is 86.9 Å². The first-order valence-electron chi connectivity index (χ1n) is 4.22. The van der Waals surface area contributed by atoms with Crippen molar-refractivity contribution in [1.82, 2.24) is 9.78 Å². The predicted octanol–water partition coefficient (Wildman–Crippen LogP) is -0.222. The average Bonchev–Trinajstić information content (AvgIpc) is 2.52. The van der Waals surface area contributed by atoms with Crippen molar-refractivity contribution >= 4 is 5.91 Å². The number of primary amides is 1. The Labute approximate surface area is 76.7 Å². The van der Waals surface area contributed by atoms with Gasteiger partial charge in [-0.05, 0) is 6.42 Å². The van der Waals surface area contributed by atoms with Crippen LogP contribution >= 0.6 is 0 Å². The molecule has 1 rings (SSSR count). The molecule has 72 valence electrons. The fourth-order valence-electron chi connectivity index (χ4n) is 1.06. The Bertz CT molecular complexity index is 294. The van der Waals surface area contributed by atoms with Crippen LogP contribution in [-0.2, 0) is 11.3 Å². The maximum Gasteiger partial charge on any atom is 0.239 e. The zero-order chi connectivity index (χ0) is 9.84. The third-order valence-electron chi connectivity index (χ3n) is 1.77. The number of aromatic nitrogens is 2. The molecular weight excluding hydrogens is 168 g/mol. The molecule has 5 heteroatoms. The molecule has 5 nitrogen and oxygen atoms in total. The zero-order valence-corrected chi connectivity index (χ0v) is 7.60. The normalized spacial score (nSPS) is 12.8. The molecule has 0 aliphatic carbocycles. The van der Waals surface area contributed by atoms with Gasteiger partial charge in [0.25, 0.3) is 0 Å². The van der Waals surface area contributed by atoms with Crippen molar-refractivity contribution in [3.63, 3.8) is 0 Å². The molecule has 1 amide bonds. The molecule has 0 aromatic carbocycles. The van der Waals surface area contributed by atoms with E-state index in [1.165, 1.54) is 0 Å². The quantitative estimate of drug-likeness (QED) is 0.674. The summed E-state index contributed by atoms with van der Waals surface area (Å²) in [4.78, 5) is 10.7. The second-order valence-electron chi connectivity index (χ2n) is 2.92. The zero-order valence-electron chi connectivity index (χ0n) is 7.60. The standard InChI is InChI=1S/C8H14N4O/c1-2-3-12-5-6(4-11-12)7(9)8(10)13/h4-5,7H,2-3,9H2,1H3,(H2,10,13). The molecule has 0 saturated carbocycles. The Morgan fingerprint density at radius 2 is 2.46 bits per heavy atom. The van der Waals surface area contributed by atoms with Crippen LogP contribution in [0.25, 0.3) is 0 Å². The predicted molar refractivity (Wildman–Crippen MR) is 48.6 cm³/mol. The van der Waals surface area contributed by atoms with E-state index in [-0.39, 0.29) is 0 Å². The largest absolute Gasteiger partial charge is 0.368 e. The van der Waals surface area contributed by atoms with Gasteiger partial charge in [-0.25, -0.2) is 0 Å². The number of hydrogen-bond donors (Lipinski definition) is 2. The lowest BCUT2D eigenvalue weighted by atomic mass is 10.2. The molecule has 1 heterocycles. The van der Waals surface area contributed by atoms with Crippen LogP contribution in [0.3, 0.4) is 0 Å². The molecule has 13 heavy (non-hydrogen) atoms. The molecular formula is C8H14N4O. The van der Waals surface area contributed by atoms with Gasteiger partial charge in [-0.1, -0.05) is 6.92 Å². The molecule has 1 atom stereocenters. The highest BCUT2D eigenvalue weighted by Crippen LogP contribution is 2.07. The van der Waals surface area contributed by atoms with E-state index in [1.807, 2.05) is 0 Å². The molecule has 0 radical (unpaired) electrons. The van der Waals surface area contributed by atoms with Gasteiger partial charge in [-0.3, -0.25) is 9.48 Å². The van der Waals surface area contributed by atoms with Crippen molar-refractivity contribution in [3.8, 4) is 0 Å². The molecule has 1 aromatic heterocycles. The fraction of sp³-hybridized carbons (Fsp3) is 0.500. The highest BCUT2D eigenvalue weighted by atomic mass is 16.1. The average molecular weight is 182 g/mol. The lowest BCUT2D eigenvalue weighted by molar-refractivity contribution is -0.119. The smallest absolute Gasteiger partial charge is 0.239 e. The van der Waals surface area contributed by atoms with Gasteiger partial charge in [0.2, 0.25) is 5.91 Å². The van der Waals surface area contributed by atoms with E-state index in [4.69, 9.17) is 11.5 Å². The van der Waals surface area contributed by atoms with E-state index < -0.39 is 11.9 Å². The molecule has 0 aliphatic heterocycles. The van der Waals surface area contributed by atoms with Gasteiger partial charge >= 0.3 is 0 Å². The van der Waals surface area contributed by atoms with Crippen molar-refractivity contribution in [2.75, 3.05) is 0 Å². The van der Waals surface area contributed by atoms with Crippen LogP contribution < -0.4 is 11.5 Å². The maximum atomic E-state index is 10.7. The molecule has 1 aromatic rings. The lowest BCUT2D eigenvalue weighted by Gasteiger charge is -2.02. The third kappa shape index (κ3) is 2.29. The van der Waals surface area contributed by atoms with Crippen LogP contribution in [0.4, 0.5) is 0 Å². The Morgan fingerprint density at radius 1 is 1.77 bits per heavy atom. The number of carbonyl (C=O) groups excluding carboxylic acids is 1. The Morgan fingerprint density at radius 3 is 3.00 bits per heavy atom. The van der Waals surface area contributed by atoms with Gasteiger partial charge in [0, 0.05) is 18.3 Å². The van der Waals surface area contributed by atoms with Crippen LogP contribution in [0, 0.1) is 0 Å². The van der Waals surface area contributed by atoms with E-state index in [2.05, 4.69) is 12.0 Å². The monoisotopic (exact) mass is 182 g/mol. The van der Waals surface area contributed by atoms with Crippen LogP contribution in [0.1, 0.15) is 24.9 Å². The number of rotatable bonds is 4. The van der Waals surface area contributed by atoms with Gasteiger partial charge in [0.1, 0.15) is 6.04 Å². The second-order valence-corrected chi connectivity index (χ2v) is 2.92. The van der Waals surface area contributed by atoms with E-state index >= 15 is 0 Å². The van der Waals surface area contributed by atoms with Gasteiger partial charge in [0.15, 0.2) is 0 Å². The highest BCUT2D eigenvalue weighted by Gasteiger charge is 2.13. The second kappa shape index (κ2) is 4.04. The van der Waals surface area contributed by atoms with E-state index in [1.54, 1.807) is 17.1 Å². The summed E-state index contributed by atoms with van der Waals surface area (Å²) < 4.78 is 1.75. The summed E-state index contributed by atoms with van der Waals surface area (Å²) in [5.74, 6) is -0.531. The number of hydrogen-bond acceptors (Lipinski definition) is 3. The molecule has 0 fully saturated rings. The summed E-state index contributed by atoms with van der Waals surface area (Å²) >= 11 is 0. The third-order valence-corrected chi connectivity index (χ3v) is 1.77. The Hall–Kier alpha value is -1.36. The minimum absolute atomic E-state index is 0.531. The Balaban J connectivity index is 2.73. The van der Waals surface area contributed by atoms with Gasteiger partial charge in [-0.15, -0.1) is 0 Å². The van der Waals surface area contributed by atoms with Crippen LogP contribution in [-0.4, -0.2) is 15.7 Å². The number of amides is 1. The van der Waals surface area contributed by atoms with E-state index in [0.717, 1.165) is 13.0 Å². The van der Waals surface area contributed by atoms with Crippen molar-refractivity contribution in [1.29, 1.82) is 0 Å². The molecule has 0 aliphatic rings. The van der Waals surface area contributed by atoms with Crippen molar-refractivity contribution in [3.05, 3.63) is 18.0 Å². The summed E-state index contributed by atoms with van der Waals surface area (Å²) in [6.45, 7) is 2.88. The maximum absolute atomic E-state index is 10.7. The summed E-state index contributed by atoms with van der Waals surface area (Å²) in [6, 6.07) is -0.745. The van der Waals surface area contributed by atoms with Crippen molar-refractivity contribution in [2.24, 2.45) is 11.5 Å². The molecule has 4 N–H and O–H groups in total. The van der Waals surface area contributed by atoms with Gasteiger partial charge in [0.05, 0.1) is 6.20 Å². The van der Waals surface area contributed by atoms with E-state index in [0.29, 0.717) is 5.56 Å². The van der Waals surface area contributed by atoms with Crippen LogP contribution in [0.5, 0.6) is 0 Å². The van der Waals surface area contributed by atoms with Gasteiger partial charge in [-0.2, -0.15) is 5.10 Å². The van der Waals surface area contributed by atoms with Crippen molar-refractivity contribution < 1.29 is 4.79 Å². The molecule has 0 saturated heterocycles. The number of nitrogens with zero attached hydrogens (tertiary/aromatic N) is 2. The highest BCUT2D eigenvalue weighted by molar-refractivity contribution is 5.80. The summed E-state index contributed by atoms with van der Waals surface area (Å²) in [5, 5.41) is 4.04. The minimum atomic E-state index is -0.745. The molecule has 0 bridgehead atoms. The SMILES string of the molecule is CCCn1cc(C(N)C(N)=O)cn1. The summed E-state index contributed by atoms with van der Waals surface area (Å²) in [6.07, 6.45) is 4.32. The molecule has 0 spiro atoms. The first-order chi connectivity index (χ1) is 6.15. The lowest BCUT2D eigenvalue weighted by Crippen LogP contribution is -2.27. The minimum Gasteiger partial charge on any atom is -0.368 e. The molecule has 1 unspecified atom stereocenters.